The Morgan fingerprint density at radius 2 is 1.12 bits per heavy atom. The molecule has 7 aromatic carbocycles. The zero-order chi connectivity index (χ0) is 45.8. The topological polar surface area (TPSA) is 22.9 Å². The van der Waals surface area contributed by atoms with E-state index in [0.29, 0.717) is 0 Å². The first-order valence-electron chi connectivity index (χ1n) is 24.4. The number of aryl methyl sites for hydroxylation is 3. The molecule has 1 aromatic heterocycles. The van der Waals surface area contributed by atoms with Gasteiger partial charge in [-0.2, -0.15) is 0 Å². The number of para-hydroxylation sites is 1. The molecule has 4 aliphatic rings. The van der Waals surface area contributed by atoms with Crippen molar-refractivity contribution < 1.29 is 4.42 Å². The molecule has 1 saturated carbocycles. The molecule has 0 saturated heterocycles. The number of rotatable bonds is 3. The summed E-state index contributed by atoms with van der Waals surface area (Å²) in [6.45, 7) is 26.0. The van der Waals surface area contributed by atoms with Crippen LogP contribution in [0.1, 0.15) is 114 Å². The van der Waals surface area contributed by atoms with Gasteiger partial charge in [0.2, 0.25) is 0 Å². The molecule has 8 aromatic rings. The number of nitrogens with zero attached hydrogens (tertiary/aromatic N) is 3. The molecule has 330 valence electrons. The maximum Gasteiger partial charge on any atom is 0.252 e. The summed E-state index contributed by atoms with van der Waals surface area (Å²) < 4.78 is 6.59. The molecule has 4 heterocycles. The summed E-state index contributed by atoms with van der Waals surface area (Å²) in [6, 6.07) is 49.2. The number of hydrogen-bond donors (Lipinski definition) is 0. The van der Waals surface area contributed by atoms with Gasteiger partial charge in [-0.25, -0.2) is 0 Å². The maximum atomic E-state index is 6.59. The third-order valence-corrected chi connectivity index (χ3v) is 16.4. The zero-order valence-electron chi connectivity index (χ0n) is 40.8. The lowest BCUT2D eigenvalue weighted by atomic mass is 9.33. The van der Waals surface area contributed by atoms with E-state index in [9.17, 15) is 0 Å². The minimum absolute atomic E-state index is 0.0165. The average molecular weight is 864 g/mol. The van der Waals surface area contributed by atoms with Gasteiger partial charge in [0.05, 0.1) is 5.54 Å². The largest absolute Gasteiger partial charge is 0.456 e. The lowest BCUT2D eigenvalue weighted by Gasteiger charge is -2.51. The van der Waals surface area contributed by atoms with Crippen molar-refractivity contribution in [2.75, 3.05) is 14.7 Å². The molecule has 0 spiro atoms. The van der Waals surface area contributed by atoms with Crippen molar-refractivity contribution in [3.63, 3.8) is 0 Å². The molecular formula is C61H62BN3O. The van der Waals surface area contributed by atoms with Crippen LogP contribution in [0.5, 0.6) is 0 Å². The predicted molar refractivity (Wildman–Crippen MR) is 282 cm³/mol. The Balaban J connectivity index is 1.14. The van der Waals surface area contributed by atoms with Crippen LogP contribution in [0.2, 0.25) is 0 Å². The first-order chi connectivity index (χ1) is 31.4. The molecule has 0 bridgehead atoms. The molecule has 1 aliphatic carbocycles. The Morgan fingerprint density at radius 3 is 1.86 bits per heavy atom. The quantitative estimate of drug-likeness (QED) is 0.165. The van der Waals surface area contributed by atoms with E-state index >= 15 is 0 Å². The molecule has 2 atom stereocenters. The van der Waals surface area contributed by atoms with Crippen LogP contribution in [0.4, 0.5) is 45.5 Å². The van der Waals surface area contributed by atoms with Crippen molar-refractivity contribution in [2.45, 2.75) is 124 Å². The Kier molecular flexibility index (Phi) is 8.70. The van der Waals surface area contributed by atoms with Crippen molar-refractivity contribution in [3.8, 4) is 0 Å². The predicted octanol–water partition coefficient (Wildman–Crippen LogP) is 14.9. The number of furan rings is 1. The summed E-state index contributed by atoms with van der Waals surface area (Å²) in [5, 5.41) is 2.29. The van der Waals surface area contributed by atoms with E-state index in [2.05, 4.69) is 218 Å². The standard InChI is InChI=1S/C61H62BN3O/c1-37-29-39(3)56-51(30-37)65(61(11)28-15-14-27-60(56,61)10)44-23-26-48-50(35-44)63(42-18-16-17-40(33-42)58(4,5)6)52-31-38(2)32-53-57(52)62(48)47-25-21-41(59(7,8)9)34-49(47)64(53)43-22-24-46-45-19-12-13-20-54(45)66-55(46)36-43/h12-13,16-26,29-36H,14-15,27-28H2,1-11H3. The lowest BCUT2D eigenvalue weighted by molar-refractivity contribution is 0.194. The smallest absolute Gasteiger partial charge is 0.252 e. The molecule has 0 amide bonds. The van der Waals surface area contributed by atoms with Crippen molar-refractivity contribution >= 4 is 90.5 Å². The van der Waals surface area contributed by atoms with Crippen LogP contribution in [-0.4, -0.2) is 12.3 Å². The highest BCUT2D eigenvalue weighted by atomic mass is 16.3. The van der Waals surface area contributed by atoms with Crippen LogP contribution < -0.4 is 31.1 Å². The second kappa shape index (κ2) is 13.9. The van der Waals surface area contributed by atoms with E-state index in [-0.39, 0.29) is 28.5 Å². The van der Waals surface area contributed by atoms with E-state index < -0.39 is 0 Å². The minimum Gasteiger partial charge on any atom is -0.456 e. The Labute approximate surface area is 392 Å². The van der Waals surface area contributed by atoms with E-state index in [1.807, 2.05) is 0 Å². The van der Waals surface area contributed by atoms with Gasteiger partial charge in [-0.15, -0.1) is 0 Å². The van der Waals surface area contributed by atoms with Gasteiger partial charge < -0.3 is 19.1 Å². The SMILES string of the molecule is Cc1cc2c3c(c1)N(c1ccc4c(c1)oc1ccccc14)c1cc(C(C)(C)C)ccc1B3c1ccc(N3c4cc(C)cc(C)c4C4(C)CCCCC34C)cc1N2c1cccc(C(C)(C)C)c1. The molecule has 0 radical (unpaired) electrons. The molecule has 5 heteroatoms. The summed E-state index contributed by atoms with van der Waals surface area (Å²) in [5.41, 5.74) is 23.9. The number of benzene rings is 7. The summed E-state index contributed by atoms with van der Waals surface area (Å²) in [4.78, 5) is 7.94. The molecule has 2 unspecified atom stereocenters. The highest BCUT2D eigenvalue weighted by Crippen LogP contribution is 2.62. The molecular weight excluding hydrogens is 802 g/mol. The van der Waals surface area contributed by atoms with Crippen molar-refractivity contribution in [1.29, 1.82) is 0 Å². The summed E-state index contributed by atoms with van der Waals surface area (Å²) in [7, 11) is 0. The molecule has 0 N–H and O–H groups in total. The number of fused-ring (bicyclic) bond motifs is 10. The van der Waals surface area contributed by atoms with Gasteiger partial charge in [0.15, 0.2) is 0 Å². The van der Waals surface area contributed by atoms with Gasteiger partial charge in [-0.05, 0) is 168 Å². The molecule has 66 heavy (non-hydrogen) atoms. The van der Waals surface area contributed by atoms with Crippen LogP contribution in [-0.2, 0) is 16.2 Å². The molecule has 4 nitrogen and oxygen atoms in total. The van der Waals surface area contributed by atoms with E-state index in [1.165, 1.54) is 103 Å². The van der Waals surface area contributed by atoms with Gasteiger partial charge in [0, 0.05) is 67.8 Å². The fraction of sp³-hybridized carbons (Fsp3) is 0.311. The maximum absolute atomic E-state index is 6.59. The third-order valence-electron chi connectivity index (χ3n) is 16.4. The molecule has 3 aliphatic heterocycles. The fourth-order valence-corrected chi connectivity index (χ4v) is 13.0. The molecule has 12 rings (SSSR count). The normalized spacial score (nSPS) is 19.8. The Morgan fingerprint density at radius 1 is 0.515 bits per heavy atom. The fourth-order valence-electron chi connectivity index (χ4n) is 13.0. The van der Waals surface area contributed by atoms with Gasteiger partial charge in [-0.1, -0.05) is 116 Å². The van der Waals surface area contributed by atoms with Gasteiger partial charge >= 0.3 is 0 Å². The lowest BCUT2D eigenvalue weighted by Crippen LogP contribution is -2.61. The van der Waals surface area contributed by atoms with Crippen LogP contribution >= 0.6 is 0 Å². The average Bonchev–Trinajstić information content (AvgIpc) is 3.74. The van der Waals surface area contributed by atoms with E-state index in [4.69, 9.17) is 4.42 Å². The zero-order valence-corrected chi connectivity index (χ0v) is 40.8. The van der Waals surface area contributed by atoms with Crippen molar-refractivity contribution in [1.82, 2.24) is 0 Å². The van der Waals surface area contributed by atoms with Crippen LogP contribution in [0.15, 0.2) is 132 Å². The van der Waals surface area contributed by atoms with Crippen molar-refractivity contribution in [3.05, 3.63) is 161 Å². The molecule has 1 fully saturated rings. The third kappa shape index (κ3) is 5.77. The summed E-state index contributed by atoms with van der Waals surface area (Å²) >= 11 is 0. The first kappa shape index (κ1) is 41.3. The van der Waals surface area contributed by atoms with Gasteiger partial charge in [-0.3, -0.25) is 0 Å². The highest BCUT2D eigenvalue weighted by molar-refractivity contribution is 7.00. The first-order valence-corrected chi connectivity index (χ1v) is 24.4. The second-order valence-corrected chi connectivity index (χ2v) is 22.8. The second-order valence-electron chi connectivity index (χ2n) is 22.8. The van der Waals surface area contributed by atoms with Gasteiger partial charge in [0.25, 0.3) is 6.71 Å². The minimum atomic E-state index is -0.0596. The summed E-state index contributed by atoms with van der Waals surface area (Å²) in [6.07, 6.45) is 4.89. The number of hydrogen-bond acceptors (Lipinski definition) is 4. The van der Waals surface area contributed by atoms with Crippen LogP contribution in [0.3, 0.4) is 0 Å². The van der Waals surface area contributed by atoms with Crippen molar-refractivity contribution in [2.24, 2.45) is 0 Å². The van der Waals surface area contributed by atoms with E-state index in [0.717, 1.165) is 34.0 Å². The Bertz CT molecular complexity index is 3350. The highest BCUT2D eigenvalue weighted by Gasteiger charge is 2.58. The van der Waals surface area contributed by atoms with E-state index in [1.54, 1.807) is 5.56 Å². The summed E-state index contributed by atoms with van der Waals surface area (Å²) in [5.74, 6) is 0. The van der Waals surface area contributed by atoms with Gasteiger partial charge in [0.1, 0.15) is 11.2 Å². The Hall–Kier alpha value is -6.20. The van der Waals surface area contributed by atoms with Crippen LogP contribution in [0, 0.1) is 20.8 Å². The monoisotopic (exact) mass is 863 g/mol. The van der Waals surface area contributed by atoms with Crippen LogP contribution in [0.25, 0.3) is 21.9 Å². The number of anilines is 8.